The molecule has 0 aliphatic carbocycles. The topological polar surface area (TPSA) is 62.6 Å². The van der Waals surface area contributed by atoms with Gasteiger partial charge in [-0.2, -0.15) is 0 Å². The number of urea groups is 1. The van der Waals surface area contributed by atoms with Crippen LogP contribution < -0.4 is 5.32 Å². The molecule has 1 aliphatic rings. The van der Waals surface area contributed by atoms with Crippen LogP contribution in [0.25, 0.3) is 0 Å². The van der Waals surface area contributed by atoms with Crippen LogP contribution in [0.4, 0.5) is 9.18 Å². The first-order valence-corrected chi connectivity index (χ1v) is 6.91. The normalized spacial score (nSPS) is 21.3. The Hall–Kier alpha value is -2.34. The summed E-state index contributed by atoms with van der Waals surface area (Å²) in [6.07, 6.45) is 1.43. The van der Waals surface area contributed by atoms with Crippen molar-refractivity contribution in [2.45, 2.75) is 19.0 Å². The number of halogens is 2. The molecule has 1 saturated heterocycles. The molecular formula is C15H12ClFN2O3. The van der Waals surface area contributed by atoms with E-state index in [9.17, 15) is 14.0 Å². The molecule has 1 aliphatic heterocycles. The van der Waals surface area contributed by atoms with Gasteiger partial charge in [-0.3, -0.25) is 9.69 Å². The summed E-state index contributed by atoms with van der Waals surface area (Å²) in [6.45, 7) is 1.53. The molecule has 0 bridgehead atoms. The van der Waals surface area contributed by atoms with E-state index in [0.29, 0.717) is 11.3 Å². The first-order chi connectivity index (χ1) is 10.4. The highest BCUT2D eigenvalue weighted by molar-refractivity contribution is 6.31. The molecule has 1 N–H and O–H groups in total. The van der Waals surface area contributed by atoms with Gasteiger partial charge in [-0.15, -0.1) is 0 Å². The summed E-state index contributed by atoms with van der Waals surface area (Å²) in [5.74, 6) is -0.585. The van der Waals surface area contributed by atoms with Crippen molar-refractivity contribution in [2.24, 2.45) is 0 Å². The second kappa shape index (κ2) is 5.14. The van der Waals surface area contributed by atoms with Gasteiger partial charge in [0, 0.05) is 5.02 Å². The number of carbonyl (C=O) groups is 2. The Morgan fingerprint density at radius 1 is 1.36 bits per heavy atom. The molecule has 3 rings (SSSR count). The van der Waals surface area contributed by atoms with Crippen molar-refractivity contribution in [3.05, 3.63) is 58.8 Å². The Morgan fingerprint density at radius 2 is 2.14 bits per heavy atom. The van der Waals surface area contributed by atoms with E-state index in [-0.39, 0.29) is 11.6 Å². The fourth-order valence-corrected chi connectivity index (χ4v) is 2.62. The molecule has 114 valence electrons. The predicted molar refractivity (Wildman–Crippen MR) is 76.6 cm³/mol. The number of nitrogens with zero attached hydrogens (tertiary/aromatic N) is 1. The summed E-state index contributed by atoms with van der Waals surface area (Å²) in [6, 6.07) is 6.52. The van der Waals surface area contributed by atoms with Crippen molar-refractivity contribution in [3.8, 4) is 0 Å². The van der Waals surface area contributed by atoms with E-state index >= 15 is 0 Å². The largest absolute Gasteiger partial charge is 0.466 e. The average molecular weight is 323 g/mol. The minimum absolute atomic E-state index is 0.0416. The van der Waals surface area contributed by atoms with Gasteiger partial charge in [-0.1, -0.05) is 17.7 Å². The highest BCUT2D eigenvalue weighted by Crippen LogP contribution is 2.31. The highest BCUT2D eigenvalue weighted by Gasteiger charge is 2.50. The molecule has 2 aromatic rings. The van der Waals surface area contributed by atoms with Crippen LogP contribution in [0.15, 0.2) is 41.0 Å². The van der Waals surface area contributed by atoms with Gasteiger partial charge in [0.05, 0.1) is 12.8 Å². The van der Waals surface area contributed by atoms with Crippen LogP contribution in [0, 0.1) is 5.82 Å². The van der Waals surface area contributed by atoms with Gasteiger partial charge in [-0.05, 0) is 36.8 Å². The monoisotopic (exact) mass is 322 g/mol. The molecule has 1 aromatic carbocycles. The molecule has 0 saturated carbocycles. The Morgan fingerprint density at radius 3 is 2.77 bits per heavy atom. The number of furan rings is 1. The summed E-state index contributed by atoms with van der Waals surface area (Å²) >= 11 is 5.95. The van der Waals surface area contributed by atoms with Crippen molar-refractivity contribution >= 4 is 23.5 Å². The fourth-order valence-electron chi connectivity index (χ4n) is 2.39. The second-order valence-corrected chi connectivity index (χ2v) is 5.57. The van der Waals surface area contributed by atoms with E-state index in [0.717, 1.165) is 11.0 Å². The van der Waals surface area contributed by atoms with E-state index in [1.165, 1.54) is 18.4 Å². The van der Waals surface area contributed by atoms with Gasteiger partial charge < -0.3 is 9.73 Å². The number of hydrogen-bond acceptors (Lipinski definition) is 3. The van der Waals surface area contributed by atoms with Crippen LogP contribution in [0.2, 0.25) is 5.02 Å². The Balaban J connectivity index is 1.89. The maximum absolute atomic E-state index is 13.1. The summed E-state index contributed by atoms with van der Waals surface area (Å²) in [5, 5.41) is 2.77. The zero-order valence-corrected chi connectivity index (χ0v) is 12.4. The number of imide groups is 1. The maximum atomic E-state index is 13.1. The van der Waals surface area contributed by atoms with Gasteiger partial charge in [0.15, 0.2) is 5.54 Å². The molecular weight excluding hydrogens is 311 g/mol. The first-order valence-electron chi connectivity index (χ1n) is 6.54. The molecule has 22 heavy (non-hydrogen) atoms. The number of rotatable bonds is 3. The Kier molecular flexibility index (Phi) is 3.41. The van der Waals surface area contributed by atoms with E-state index in [1.807, 2.05) is 0 Å². The van der Waals surface area contributed by atoms with E-state index in [4.69, 9.17) is 16.0 Å². The lowest BCUT2D eigenvalue weighted by Crippen LogP contribution is -2.40. The van der Waals surface area contributed by atoms with Gasteiger partial charge in [0.2, 0.25) is 0 Å². The lowest BCUT2D eigenvalue weighted by molar-refractivity contribution is -0.132. The van der Waals surface area contributed by atoms with Crippen molar-refractivity contribution < 1.29 is 18.4 Å². The summed E-state index contributed by atoms with van der Waals surface area (Å²) in [5.41, 5.74) is -0.775. The second-order valence-electron chi connectivity index (χ2n) is 5.16. The van der Waals surface area contributed by atoms with E-state index in [2.05, 4.69) is 5.32 Å². The van der Waals surface area contributed by atoms with Crippen molar-refractivity contribution in [1.82, 2.24) is 10.2 Å². The zero-order valence-electron chi connectivity index (χ0n) is 11.6. The zero-order chi connectivity index (χ0) is 15.9. The lowest BCUT2D eigenvalue weighted by atomic mass is 9.99. The molecule has 0 radical (unpaired) electrons. The van der Waals surface area contributed by atoms with Crippen molar-refractivity contribution in [2.75, 3.05) is 0 Å². The number of hydrogen-bond donors (Lipinski definition) is 1. The summed E-state index contributed by atoms with van der Waals surface area (Å²) < 4.78 is 18.3. The average Bonchev–Trinajstić information content (AvgIpc) is 3.06. The van der Waals surface area contributed by atoms with E-state index < -0.39 is 23.3 Å². The van der Waals surface area contributed by atoms with Gasteiger partial charge >= 0.3 is 6.03 Å². The minimum atomic E-state index is -1.26. The molecule has 1 unspecified atom stereocenters. The maximum Gasteiger partial charge on any atom is 0.325 e. The number of amides is 3. The molecule has 3 amide bonds. The molecule has 2 heterocycles. The summed E-state index contributed by atoms with van der Waals surface area (Å²) in [7, 11) is 0. The predicted octanol–water partition coefficient (Wildman–Crippen LogP) is 3.04. The van der Waals surface area contributed by atoms with Crippen LogP contribution in [0.1, 0.15) is 18.2 Å². The highest BCUT2D eigenvalue weighted by atomic mass is 35.5. The third kappa shape index (κ3) is 2.25. The van der Waals surface area contributed by atoms with Gasteiger partial charge in [0.1, 0.15) is 11.6 Å². The fraction of sp³-hybridized carbons (Fsp3) is 0.200. The number of benzene rings is 1. The molecule has 5 nitrogen and oxygen atoms in total. The van der Waals surface area contributed by atoms with Gasteiger partial charge in [-0.25, -0.2) is 9.18 Å². The van der Waals surface area contributed by atoms with E-state index in [1.54, 1.807) is 19.1 Å². The minimum Gasteiger partial charge on any atom is -0.466 e. The molecule has 0 spiro atoms. The smallest absolute Gasteiger partial charge is 0.325 e. The first kappa shape index (κ1) is 14.6. The molecule has 1 atom stereocenters. The van der Waals surface area contributed by atoms with Crippen LogP contribution in [0.5, 0.6) is 0 Å². The van der Waals surface area contributed by atoms with Crippen LogP contribution >= 0.6 is 11.6 Å². The standard InChI is InChI=1S/C15H12ClFN2O3/c1-15(12-3-2-6-22-12)13(20)19(14(21)18-15)8-9-4-5-10(17)7-11(9)16/h2-7H,8H2,1H3,(H,18,21). The van der Waals surface area contributed by atoms with Crippen LogP contribution in [-0.4, -0.2) is 16.8 Å². The SMILES string of the molecule is CC1(c2ccco2)NC(=O)N(Cc2ccc(F)cc2Cl)C1=O. The van der Waals surface area contributed by atoms with Crippen LogP contribution in [-0.2, 0) is 16.9 Å². The van der Waals surface area contributed by atoms with Crippen molar-refractivity contribution in [3.63, 3.8) is 0 Å². The third-order valence-corrected chi connectivity index (χ3v) is 3.98. The number of nitrogens with one attached hydrogen (secondary N) is 1. The lowest BCUT2D eigenvalue weighted by Gasteiger charge is -2.19. The quantitative estimate of drug-likeness (QED) is 0.883. The molecule has 1 aromatic heterocycles. The van der Waals surface area contributed by atoms with Crippen LogP contribution in [0.3, 0.4) is 0 Å². The summed E-state index contributed by atoms with van der Waals surface area (Å²) in [4.78, 5) is 25.7. The molecule has 1 fully saturated rings. The Labute approximate surface area is 130 Å². The number of carbonyl (C=O) groups excluding carboxylic acids is 2. The Bertz CT molecular complexity index is 747. The third-order valence-electron chi connectivity index (χ3n) is 3.63. The molecule has 7 heteroatoms. The van der Waals surface area contributed by atoms with Crippen molar-refractivity contribution in [1.29, 1.82) is 0 Å². The van der Waals surface area contributed by atoms with Gasteiger partial charge in [0.25, 0.3) is 5.91 Å².